The molecule has 17 heavy (non-hydrogen) atoms. The van der Waals surface area contributed by atoms with Crippen molar-refractivity contribution in [1.29, 1.82) is 0 Å². The molecular formula is C10H13ClN4O2. The molecular weight excluding hydrogens is 244 g/mol. The maximum Gasteiger partial charge on any atom is 0.290 e. The van der Waals surface area contributed by atoms with Crippen molar-refractivity contribution in [3.8, 4) is 0 Å². The van der Waals surface area contributed by atoms with Crippen molar-refractivity contribution in [1.82, 2.24) is 19.8 Å². The zero-order valence-electron chi connectivity index (χ0n) is 9.72. The molecule has 2 aromatic rings. The fourth-order valence-corrected chi connectivity index (χ4v) is 1.44. The third kappa shape index (κ3) is 2.21. The Bertz CT molecular complexity index is 614. The van der Waals surface area contributed by atoms with Gasteiger partial charge >= 0.3 is 0 Å². The Morgan fingerprint density at radius 3 is 2.65 bits per heavy atom. The summed E-state index contributed by atoms with van der Waals surface area (Å²) in [4.78, 5) is 22.8. The maximum absolute atomic E-state index is 11.5. The van der Waals surface area contributed by atoms with E-state index in [0.29, 0.717) is 5.52 Å². The van der Waals surface area contributed by atoms with Crippen LogP contribution in [0, 0.1) is 0 Å². The normalized spacial score (nSPS) is 10.6. The number of hydrogen-bond acceptors (Lipinski definition) is 4. The number of aromatic amines is 1. The number of ketones is 1. The smallest absolute Gasteiger partial charge is 0.290 e. The van der Waals surface area contributed by atoms with Crippen molar-refractivity contribution in [2.75, 3.05) is 0 Å². The van der Waals surface area contributed by atoms with Gasteiger partial charge in [-0.2, -0.15) is 5.10 Å². The highest BCUT2D eigenvalue weighted by Gasteiger charge is 2.14. The summed E-state index contributed by atoms with van der Waals surface area (Å²) in [5.74, 6) is 0.0975. The van der Waals surface area contributed by atoms with Crippen molar-refractivity contribution in [2.45, 2.75) is 26.7 Å². The van der Waals surface area contributed by atoms with Gasteiger partial charge in [0.2, 0.25) is 5.82 Å². The summed E-state index contributed by atoms with van der Waals surface area (Å²) >= 11 is 0. The average Bonchev–Trinajstić information content (AvgIpc) is 2.62. The zero-order valence-corrected chi connectivity index (χ0v) is 10.5. The van der Waals surface area contributed by atoms with Gasteiger partial charge in [-0.15, -0.1) is 17.5 Å². The molecule has 0 amide bonds. The van der Waals surface area contributed by atoms with E-state index in [9.17, 15) is 9.59 Å². The molecule has 92 valence electrons. The van der Waals surface area contributed by atoms with Crippen LogP contribution in [0.1, 0.15) is 43.0 Å². The van der Waals surface area contributed by atoms with Gasteiger partial charge in [-0.3, -0.25) is 9.59 Å². The third-order valence-electron chi connectivity index (χ3n) is 2.33. The Morgan fingerprint density at radius 1 is 1.47 bits per heavy atom. The first-order valence-corrected chi connectivity index (χ1v) is 5.00. The van der Waals surface area contributed by atoms with Crippen LogP contribution in [0.4, 0.5) is 0 Å². The monoisotopic (exact) mass is 256 g/mol. The van der Waals surface area contributed by atoms with Crippen LogP contribution < -0.4 is 5.56 Å². The van der Waals surface area contributed by atoms with Crippen molar-refractivity contribution >= 4 is 23.7 Å². The summed E-state index contributed by atoms with van der Waals surface area (Å²) in [6, 6.07) is 1.68. The number of carbonyl (C=O) groups excluding carboxylic acids is 1. The molecule has 6 nitrogen and oxygen atoms in total. The molecule has 0 spiro atoms. The van der Waals surface area contributed by atoms with E-state index >= 15 is 0 Å². The van der Waals surface area contributed by atoms with Gasteiger partial charge in [-0.1, -0.05) is 13.8 Å². The number of carbonyl (C=O) groups is 1. The highest BCUT2D eigenvalue weighted by Crippen LogP contribution is 2.13. The first kappa shape index (κ1) is 13.4. The number of rotatable bonds is 2. The lowest BCUT2D eigenvalue weighted by atomic mass is 10.1. The topological polar surface area (TPSA) is 80.1 Å². The van der Waals surface area contributed by atoms with Gasteiger partial charge < -0.3 is 0 Å². The van der Waals surface area contributed by atoms with E-state index in [-0.39, 0.29) is 35.5 Å². The molecule has 1 N–H and O–H groups in total. The molecule has 0 fully saturated rings. The van der Waals surface area contributed by atoms with Gasteiger partial charge in [0.05, 0.1) is 5.69 Å². The number of aromatic nitrogens is 4. The molecule has 0 aliphatic carbocycles. The highest BCUT2D eigenvalue weighted by molar-refractivity contribution is 5.90. The summed E-state index contributed by atoms with van der Waals surface area (Å²) in [5.41, 5.74) is 0.773. The maximum atomic E-state index is 11.5. The third-order valence-corrected chi connectivity index (χ3v) is 2.33. The van der Waals surface area contributed by atoms with E-state index in [1.165, 1.54) is 11.4 Å². The van der Waals surface area contributed by atoms with Crippen molar-refractivity contribution in [3.05, 3.63) is 27.9 Å². The number of nitrogens with one attached hydrogen (secondary N) is 1. The zero-order chi connectivity index (χ0) is 11.9. The number of fused-ring (bicyclic) bond motifs is 1. The van der Waals surface area contributed by atoms with Crippen LogP contribution >= 0.6 is 12.4 Å². The molecule has 0 bridgehead atoms. The number of nitrogens with zero attached hydrogens (tertiary/aromatic N) is 3. The van der Waals surface area contributed by atoms with E-state index in [1.807, 2.05) is 13.8 Å². The second-order valence-corrected chi connectivity index (χ2v) is 3.95. The Hall–Kier alpha value is -1.69. The van der Waals surface area contributed by atoms with Gasteiger partial charge in [0.1, 0.15) is 5.52 Å². The standard InChI is InChI=1S/C10H12N4O2.ClH/c1-5(2)7-4-8-10(16)12-11-9(6(3)15)14(8)13-7;/h4-5H,1-3H3,(H,12,16);1H. The molecule has 0 atom stereocenters. The SMILES string of the molecule is CC(=O)c1n[nH]c(=O)c2cc(C(C)C)nn12.Cl. The molecule has 7 heteroatoms. The van der Waals surface area contributed by atoms with Crippen LogP contribution in [0.25, 0.3) is 5.52 Å². The lowest BCUT2D eigenvalue weighted by molar-refractivity contribution is 0.0999. The highest BCUT2D eigenvalue weighted by atomic mass is 35.5. The molecule has 0 saturated carbocycles. The van der Waals surface area contributed by atoms with Crippen molar-refractivity contribution in [2.24, 2.45) is 0 Å². The van der Waals surface area contributed by atoms with Crippen molar-refractivity contribution < 1.29 is 4.79 Å². The van der Waals surface area contributed by atoms with Crippen molar-refractivity contribution in [3.63, 3.8) is 0 Å². The van der Waals surface area contributed by atoms with Gasteiger partial charge in [0, 0.05) is 6.92 Å². The second kappa shape index (κ2) is 4.67. The van der Waals surface area contributed by atoms with E-state index in [2.05, 4.69) is 15.3 Å². The summed E-state index contributed by atoms with van der Waals surface area (Å²) in [6.45, 7) is 5.32. The van der Waals surface area contributed by atoms with Crippen LogP contribution in [0.2, 0.25) is 0 Å². The van der Waals surface area contributed by atoms with Crippen LogP contribution in [0.15, 0.2) is 10.9 Å². The largest absolute Gasteiger partial charge is 0.291 e. The van der Waals surface area contributed by atoms with Crippen LogP contribution in [0.3, 0.4) is 0 Å². The average molecular weight is 257 g/mol. The summed E-state index contributed by atoms with van der Waals surface area (Å²) < 4.78 is 1.30. The Labute approximate surface area is 103 Å². The van der Waals surface area contributed by atoms with E-state index in [0.717, 1.165) is 5.69 Å². The number of H-pyrrole nitrogens is 1. The summed E-state index contributed by atoms with van der Waals surface area (Å²) in [7, 11) is 0. The van der Waals surface area contributed by atoms with Crippen LogP contribution in [-0.4, -0.2) is 25.6 Å². The molecule has 0 radical (unpaired) electrons. The number of halogens is 1. The molecule has 0 aliphatic rings. The number of hydrogen-bond donors (Lipinski definition) is 1. The molecule has 2 aromatic heterocycles. The Kier molecular flexibility index (Phi) is 3.67. The lowest BCUT2D eigenvalue weighted by Crippen LogP contribution is -2.18. The minimum absolute atomic E-state index is 0. The molecule has 2 heterocycles. The molecule has 0 aliphatic heterocycles. The van der Waals surface area contributed by atoms with E-state index in [1.54, 1.807) is 6.07 Å². The van der Waals surface area contributed by atoms with Gasteiger partial charge in [-0.25, -0.2) is 9.61 Å². The lowest BCUT2D eigenvalue weighted by Gasteiger charge is -1.98. The predicted molar refractivity (Wildman–Crippen MR) is 64.9 cm³/mol. The minimum Gasteiger partial charge on any atom is -0.291 e. The first-order chi connectivity index (χ1) is 7.50. The molecule has 2 rings (SSSR count). The summed E-state index contributed by atoms with van der Waals surface area (Å²) in [5, 5.41) is 10.2. The molecule has 0 aromatic carbocycles. The minimum atomic E-state index is -0.343. The molecule has 0 unspecified atom stereocenters. The van der Waals surface area contributed by atoms with E-state index in [4.69, 9.17) is 0 Å². The van der Waals surface area contributed by atoms with Gasteiger partial charge in [-0.05, 0) is 12.0 Å². The molecule has 0 saturated heterocycles. The first-order valence-electron chi connectivity index (χ1n) is 5.00. The predicted octanol–water partition coefficient (Wildman–Crippen LogP) is 1.17. The van der Waals surface area contributed by atoms with Crippen LogP contribution in [-0.2, 0) is 0 Å². The Morgan fingerprint density at radius 2 is 2.12 bits per heavy atom. The van der Waals surface area contributed by atoms with Gasteiger partial charge in [0.25, 0.3) is 5.56 Å². The number of Topliss-reactive ketones (excluding diaryl/α,β-unsaturated/α-hetero) is 1. The van der Waals surface area contributed by atoms with E-state index < -0.39 is 0 Å². The fourth-order valence-electron chi connectivity index (χ4n) is 1.44. The second-order valence-electron chi connectivity index (χ2n) is 3.95. The fraction of sp³-hybridized carbons (Fsp3) is 0.400. The van der Waals surface area contributed by atoms with Gasteiger partial charge in [0.15, 0.2) is 5.78 Å². The summed E-state index contributed by atoms with van der Waals surface area (Å²) in [6.07, 6.45) is 0. The quantitative estimate of drug-likeness (QED) is 0.818. The Balaban J connectivity index is 0.00000144. The van der Waals surface area contributed by atoms with Crippen LogP contribution in [0.5, 0.6) is 0 Å².